The maximum absolute atomic E-state index is 12.3. The van der Waals surface area contributed by atoms with E-state index in [1.165, 1.54) is 0 Å². The van der Waals surface area contributed by atoms with Crippen molar-refractivity contribution in [1.82, 2.24) is 4.90 Å². The van der Waals surface area contributed by atoms with Gasteiger partial charge in [0, 0.05) is 17.6 Å². The fourth-order valence-corrected chi connectivity index (χ4v) is 2.73. The molecule has 1 atom stereocenters. The lowest BCUT2D eigenvalue weighted by Crippen LogP contribution is -2.41. The van der Waals surface area contributed by atoms with Crippen molar-refractivity contribution >= 4 is 23.6 Å². The summed E-state index contributed by atoms with van der Waals surface area (Å²) in [6.07, 6.45) is 7.43. The molecule has 1 aromatic rings. The summed E-state index contributed by atoms with van der Waals surface area (Å²) in [6, 6.07) is 7.33. The Labute approximate surface area is 124 Å². The highest BCUT2D eigenvalue weighted by Gasteiger charge is 2.22. The second kappa shape index (κ2) is 7.46. The maximum Gasteiger partial charge on any atom is 0.246 e. The van der Waals surface area contributed by atoms with Crippen LogP contribution in [0, 0.1) is 0 Å². The van der Waals surface area contributed by atoms with Crippen molar-refractivity contribution in [2.24, 2.45) is 0 Å². The van der Waals surface area contributed by atoms with E-state index in [0.717, 1.165) is 37.8 Å². The van der Waals surface area contributed by atoms with Gasteiger partial charge in [0.15, 0.2) is 0 Å². The monoisotopic (exact) mass is 293 g/mol. The molecule has 0 aliphatic carbocycles. The number of benzene rings is 1. The number of nitrogens with zero attached hydrogens (tertiary/aromatic N) is 1. The van der Waals surface area contributed by atoms with Gasteiger partial charge in [-0.3, -0.25) is 4.79 Å². The van der Waals surface area contributed by atoms with E-state index in [9.17, 15) is 9.90 Å². The minimum Gasteiger partial charge on any atom is -0.394 e. The van der Waals surface area contributed by atoms with Crippen LogP contribution in [0.3, 0.4) is 0 Å². The van der Waals surface area contributed by atoms with E-state index in [0.29, 0.717) is 5.02 Å². The molecule has 2 rings (SSSR count). The van der Waals surface area contributed by atoms with Gasteiger partial charge in [-0.05, 0) is 36.6 Å². The molecule has 0 spiro atoms. The Morgan fingerprint density at radius 2 is 2.25 bits per heavy atom. The van der Waals surface area contributed by atoms with Crippen LogP contribution in [-0.4, -0.2) is 35.1 Å². The van der Waals surface area contributed by atoms with E-state index >= 15 is 0 Å². The van der Waals surface area contributed by atoms with Crippen LogP contribution < -0.4 is 0 Å². The largest absolute Gasteiger partial charge is 0.394 e. The Morgan fingerprint density at radius 1 is 1.40 bits per heavy atom. The number of aliphatic hydroxyl groups is 1. The van der Waals surface area contributed by atoms with Crippen LogP contribution >= 0.6 is 11.6 Å². The normalized spacial score (nSPS) is 20.1. The van der Waals surface area contributed by atoms with Crippen LogP contribution in [0.5, 0.6) is 0 Å². The van der Waals surface area contributed by atoms with E-state index < -0.39 is 0 Å². The van der Waals surface area contributed by atoms with Crippen LogP contribution in [-0.2, 0) is 4.79 Å². The van der Waals surface area contributed by atoms with Crippen LogP contribution in [0.2, 0.25) is 5.02 Å². The summed E-state index contributed by atoms with van der Waals surface area (Å²) >= 11 is 5.91. The predicted molar refractivity (Wildman–Crippen MR) is 81.5 cm³/mol. The van der Waals surface area contributed by atoms with Crippen LogP contribution in [0.25, 0.3) is 6.08 Å². The Kier molecular flexibility index (Phi) is 5.62. The molecule has 1 heterocycles. The molecule has 0 radical (unpaired) electrons. The average molecular weight is 294 g/mol. The Hall–Kier alpha value is -1.32. The van der Waals surface area contributed by atoms with E-state index in [4.69, 9.17) is 11.6 Å². The summed E-state index contributed by atoms with van der Waals surface area (Å²) in [5, 5.41) is 10.1. The highest BCUT2D eigenvalue weighted by atomic mass is 35.5. The third kappa shape index (κ3) is 4.09. The molecular weight excluding hydrogens is 274 g/mol. The number of likely N-dealkylation sites (tertiary alicyclic amines) is 1. The number of rotatable bonds is 3. The smallest absolute Gasteiger partial charge is 0.246 e. The number of hydrogen-bond acceptors (Lipinski definition) is 2. The van der Waals surface area contributed by atoms with Gasteiger partial charge >= 0.3 is 0 Å². The minimum atomic E-state index is -0.0472. The molecule has 1 saturated heterocycles. The average Bonchev–Trinajstić information content (AvgIpc) is 2.70. The molecular formula is C16H20ClNO2. The lowest BCUT2D eigenvalue weighted by Gasteiger charge is -2.27. The van der Waals surface area contributed by atoms with E-state index in [1.807, 2.05) is 18.2 Å². The summed E-state index contributed by atoms with van der Waals surface area (Å²) < 4.78 is 0. The van der Waals surface area contributed by atoms with Gasteiger partial charge in [0.2, 0.25) is 5.91 Å². The van der Waals surface area contributed by atoms with Gasteiger partial charge in [-0.15, -0.1) is 0 Å². The van der Waals surface area contributed by atoms with Crippen molar-refractivity contribution in [3.8, 4) is 0 Å². The standard InChI is InChI=1S/C16H20ClNO2/c17-14-6-4-5-13(11-14)8-9-16(20)18-10-3-1-2-7-15(18)12-19/h4-6,8-9,11,15,19H,1-3,7,10,12H2/b9-8+. The van der Waals surface area contributed by atoms with Crippen molar-refractivity contribution in [3.63, 3.8) is 0 Å². The lowest BCUT2D eigenvalue weighted by atomic mass is 10.1. The Morgan fingerprint density at radius 3 is 3.00 bits per heavy atom. The zero-order chi connectivity index (χ0) is 14.4. The molecule has 1 N–H and O–H groups in total. The first-order chi connectivity index (χ1) is 9.70. The number of carbonyl (C=O) groups is 1. The maximum atomic E-state index is 12.3. The molecule has 0 bridgehead atoms. The van der Waals surface area contributed by atoms with E-state index in [2.05, 4.69) is 0 Å². The number of amides is 1. The second-order valence-electron chi connectivity index (χ2n) is 5.11. The highest BCUT2D eigenvalue weighted by molar-refractivity contribution is 6.30. The highest BCUT2D eigenvalue weighted by Crippen LogP contribution is 2.17. The van der Waals surface area contributed by atoms with E-state index in [-0.39, 0.29) is 18.6 Å². The van der Waals surface area contributed by atoms with Crippen LogP contribution in [0.4, 0.5) is 0 Å². The SMILES string of the molecule is O=C(/C=C/c1cccc(Cl)c1)N1CCCCCC1CO. The first-order valence-corrected chi connectivity index (χ1v) is 7.43. The summed E-state index contributed by atoms with van der Waals surface area (Å²) in [4.78, 5) is 14.1. The second-order valence-corrected chi connectivity index (χ2v) is 5.54. The van der Waals surface area contributed by atoms with Gasteiger partial charge < -0.3 is 10.0 Å². The zero-order valence-electron chi connectivity index (χ0n) is 11.5. The molecule has 1 aliphatic heterocycles. The third-order valence-electron chi connectivity index (χ3n) is 3.64. The molecule has 1 amide bonds. The molecule has 108 valence electrons. The fourth-order valence-electron chi connectivity index (χ4n) is 2.53. The fraction of sp³-hybridized carbons (Fsp3) is 0.438. The summed E-state index contributed by atoms with van der Waals surface area (Å²) in [6.45, 7) is 0.765. The van der Waals surface area contributed by atoms with Gasteiger partial charge in [-0.25, -0.2) is 0 Å². The molecule has 0 aromatic heterocycles. The lowest BCUT2D eigenvalue weighted by molar-refractivity contribution is -0.129. The Balaban J connectivity index is 2.05. The predicted octanol–water partition coefficient (Wildman–Crippen LogP) is 3.12. The number of halogens is 1. The third-order valence-corrected chi connectivity index (χ3v) is 3.87. The van der Waals surface area contributed by atoms with Gasteiger partial charge in [0.1, 0.15) is 0 Å². The molecule has 3 nitrogen and oxygen atoms in total. The summed E-state index contributed by atoms with van der Waals surface area (Å²) in [7, 11) is 0. The van der Waals surface area contributed by atoms with Crippen molar-refractivity contribution in [1.29, 1.82) is 0 Å². The van der Waals surface area contributed by atoms with Gasteiger partial charge in [0.25, 0.3) is 0 Å². The van der Waals surface area contributed by atoms with Crippen LogP contribution in [0.15, 0.2) is 30.3 Å². The Bertz CT molecular complexity index is 487. The first kappa shape index (κ1) is 15.1. The molecule has 1 unspecified atom stereocenters. The minimum absolute atomic E-state index is 0.0362. The van der Waals surface area contributed by atoms with E-state index in [1.54, 1.807) is 23.1 Å². The molecule has 1 fully saturated rings. The van der Waals surface area contributed by atoms with Gasteiger partial charge in [0.05, 0.1) is 12.6 Å². The summed E-state index contributed by atoms with van der Waals surface area (Å²) in [5.74, 6) is -0.0362. The number of carbonyl (C=O) groups excluding carboxylic acids is 1. The molecule has 1 aliphatic rings. The number of aliphatic hydroxyl groups excluding tert-OH is 1. The van der Waals surface area contributed by atoms with Crippen molar-refractivity contribution < 1.29 is 9.90 Å². The van der Waals surface area contributed by atoms with Crippen molar-refractivity contribution in [3.05, 3.63) is 40.9 Å². The molecule has 20 heavy (non-hydrogen) atoms. The molecule has 4 heteroatoms. The van der Waals surface area contributed by atoms with Crippen LogP contribution in [0.1, 0.15) is 31.2 Å². The summed E-state index contributed by atoms with van der Waals surface area (Å²) in [5.41, 5.74) is 0.904. The zero-order valence-corrected chi connectivity index (χ0v) is 12.2. The molecule has 1 aromatic carbocycles. The van der Waals surface area contributed by atoms with Crippen molar-refractivity contribution in [2.45, 2.75) is 31.7 Å². The topological polar surface area (TPSA) is 40.5 Å². The molecule has 0 saturated carbocycles. The van der Waals surface area contributed by atoms with Crippen molar-refractivity contribution in [2.75, 3.05) is 13.2 Å². The number of hydrogen-bond donors (Lipinski definition) is 1. The van der Waals surface area contributed by atoms with Gasteiger partial charge in [-0.2, -0.15) is 0 Å². The van der Waals surface area contributed by atoms with Gasteiger partial charge in [-0.1, -0.05) is 36.6 Å². The quantitative estimate of drug-likeness (QED) is 0.870. The first-order valence-electron chi connectivity index (χ1n) is 7.06.